The van der Waals surface area contributed by atoms with Crippen molar-refractivity contribution >= 4 is 16.7 Å². The summed E-state index contributed by atoms with van der Waals surface area (Å²) in [5.74, 6) is -1.71. The molecule has 2 rings (SSSR count). The van der Waals surface area contributed by atoms with Crippen molar-refractivity contribution in [2.24, 2.45) is 5.92 Å². The summed E-state index contributed by atoms with van der Waals surface area (Å²) in [7, 11) is 0. The molecule has 1 aromatic heterocycles. The number of halogens is 1. The van der Waals surface area contributed by atoms with Gasteiger partial charge in [0.2, 0.25) is 0 Å². The minimum atomic E-state index is -1.06. The van der Waals surface area contributed by atoms with Crippen molar-refractivity contribution in [2.75, 3.05) is 0 Å². The van der Waals surface area contributed by atoms with E-state index in [2.05, 4.69) is 0 Å². The Kier molecular flexibility index (Phi) is 3.38. The number of benzene rings is 1. The van der Waals surface area contributed by atoms with Crippen molar-refractivity contribution in [3.8, 4) is 0 Å². The maximum absolute atomic E-state index is 13.1. The van der Waals surface area contributed by atoms with Crippen LogP contribution in [-0.2, 0) is 4.79 Å². The van der Waals surface area contributed by atoms with Crippen LogP contribution in [0.2, 0.25) is 0 Å². The number of carbonyl (C=O) groups is 1. The number of rotatable bonds is 3. The van der Waals surface area contributed by atoms with E-state index in [1.807, 2.05) is 0 Å². The number of hydrogen-bond acceptors (Lipinski definition) is 2. The predicted octanol–water partition coefficient (Wildman–Crippen LogP) is 2.42. The molecule has 0 spiro atoms. The third kappa shape index (κ3) is 2.36. The standard InChI is InChI=1S/C14H14FNO3/c1-8(2)12(14(18)19)16-6-5-9-7-10(15)3-4-11(9)13(16)17/h3-8,12H,1-2H3,(H,18,19). The highest BCUT2D eigenvalue weighted by molar-refractivity contribution is 5.82. The third-order valence-electron chi connectivity index (χ3n) is 3.08. The smallest absolute Gasteiger partial charge is 0.327 e. The summed E-state index contributed by atoms with van der Waals surface area (Å²) in [6, 6.07) is 4.45. The van der Waals surface area contributed by atoms with E-state index in [1.165, 1.54) is 29.0 Å². The van der Waals surface area contributed by atoms with Crippen LogP contribution in [0.3, 0.4) is 0 Å². The van der Waals surface area contributed by atoms with Gasteiger partial charge >= 0.3 is 5.97 Å². The lowest BCUT2D eigenvalue weighted by atomic mass is 10.0. The minimum Gasteiger partial charge on any atom is -0.480 e. The van der Waals surface area contributed by atoms with Crippen molar-refractivity contribution in [3.05, 3.63) is 46.6 Å². The van der Waals surface area contributed by atoms with Crippen LogP contribution in [0.25, 0.3) is 10.8 Å². The molecule has 0 saturated heterocycles. The van der Waals surface area contributed by atoms with Crippen molar-refractivity contribution in [2.45, 2.75) is 19.9 Å². The Hall–Kier alpha value is -2.17. The Bertz CT molecular complexity index is 691. The normalized spacial score (nSPS) is 12.8. The number of fused-ring (bicyclic) bond motifs is 1. The molecule has 1 unspecified atom stereocenters. The van der Waals surface area contributed by atoms with Gasteiger partial charge in [-0.15, -0.1) is 0 Å². The molecule has 0 radical (unpaired) electrons. The van der Waals surface area contributed by atoms with E-state index in [9.17, 15) is 19.1 Å². The summed E-state index contributed by atoms with van der Waals surface area (Å²) in [6.45, 7) is 3.47. The van der Waals surface area contributed by atoms with Gasteiger partial charge < -0.3 is 9.67 Å². The van der Waals surface area contributed by atoms with Gasteiger partial charge in [0.05, 0.1) is 0 Å². The maximum Gasteiger partial charge on any atom is 0.327 e. The fourth-order valence-corrected chi connectivity index (χ4v) is 2.18. The summed E-state index contributed by atoms with van der Waals surface area (Å²) < 4.78 is 14.3. The molecule has 0 fully saturated rings. The first-order valence-corrected chi connectivity index (χ1v) is 5.95. The summed E-state index contributed by atoms with van der Waals surface area (Å²) in [5, 5.41) is 10.0. The number of carboxylic acid groups (broad SMARTS) is 1. The molecule has 100 valence electrons. The zero-order chi connectivity index (χ0) is 14.2. The Balaban J connectivity index is 2.69. The first kappa shape index (κ1) is 13.3. The Morgan fingerprint density at radius 3 is 2.58 bits per heavy atom. The van der Waals surface area contributed by atoms with E-state index in [0.717, 1.165) is 0 Å². The fraction of sp³-hybridized carbons (Fsp3) is 0.286. The Labute approximate surface area is 109 Å². The molecule has 0 amide bonds. The first-order valence-electron chi connectivity index (χ1n) is 5.95. The lowest BCUT2D eigenvalue weighted by molar-refractivity contribution is -0.142. The lowest BCUT2D eigenvalue weighted by Crippen LogP contribution is -2.32. The van der Waals surface area contributed by atoms with Gasteiger partial charge in [-0.2, -0.15) is 0 Å². The highest BCUT2D eigenvalue weighted by Crippen LogP contribution is 2.18. The average Bonchev–Trinajstić information content (AvgIpc) is 2.31. The number of pyridine rings is 1. The number of aliphatic carboxylic acids is 1. The lowest BCUT2D eigenvalue weighted by Gasteiger charge is -2.19. The Morgan fingerprint density at radius 2 is 2.00 bits per heavy atom. The van der Waals surface area contributed by atoms with Crippen molar-refractivity contribution in [3.63, 3.8) is 0 Å². The molecular formula is C14H14FNO3. The second-order valence-electron chi connectivity index (χ2n) is 4.79. The molecule has 0 saturated carbocycles. The van der Waals surface area contributed by atoms with Gasteiger partial charge in [-0.3, -0.25) is 4.79 Å². The fourth-order valence-electron chi connectivity index (χ4n) is 2.18. The van der Waals surface area contributed by atoms with E-state index >= 15 is 0 Å². The molecule has 4 nitrogen and oxygen atoms in total. The van der Waals surface area contributed by atoms with Crippen LogP contribution in [0.4, 0.5) is 4.39 Å². The topological polar surface area (TPSA) is 59.3 Å². The van der Waals surface area contributed by atoms with Crippen LogP contribution in [-0.4, -0.2) is 15.6 Å². The second-order valence-corrected chi connectivity index (χ2v) is 4.79. The molecule has 0 aliphatic rings. The van der Waals surface area contributed by atoms with Gasteiger partial charge in [0, 0.05) is 11.6 Å². The number of nitrogens with zero attached hydrogens (tertiary/aromatic N) is 1. The molecule has 1 heterocycles. The minimum absolute atomic E-state index is 0.229. The van der Waals surface area contributed by atoms with Crippen molar-refractivity contribution < 1.29 is 14.3 Å². The van der Waals surface area contributed by atoms with E-state index in [4.69, 9.17) is 0 Å². The predicted molar refractivity (Wildman–Crippen MR) is 69.7 cm³/mol. The van der Waals surface area contributed by atoms with Crippen LogP contribution in [0, 0.1) is 11.7 Å². The monoisotopic (exact) mass is 263 g/mol. The van der Waals surface area contributed by atoms with Crippen LogP contribution < -0.4 is 5.56 Å². The molecule has 2 aromatic rings. The highest BCUT2D eigenvalue weighted by atomic mass is 19.1. The Morgan fingerprint density at radius 1 is 1.32 bits per heavy atom. The summed E-state index contributed by atoms with van der Waals surface area (Å²) >= 11 is 0. The number of carboxylic acids is 1. The first-order chi connectivity index (χ1) is 8.91. The van der Waals surface area contributed by atoms with Gasteiger partial charge in [0.15, 0.2) is 0 Å². The van der Waals surface area contributed by atoms with Gasteiger partial charge in [-0.25, -0.2) is 9.18 Å². The zero-order valence-corrected chi connectivity index (χ0v) is 10.6. The van der Waals surface area contributed by atoms with E-state index < -0.39 is 23.4 Å². The third-order valence-corrected chi connectivity index (χ3v) is 3.08. The highest BCUT2D eigenvalue weighted by Gasteiger charge is 2.24. The van der Waals surface area contributed by atoms with Gasteiger partial charge in [-0.05, 0) is 35.6 Å². The summed E-state index contributed by atoms with van der Waals surface area (Å²) in [5.41, 5.74) is -0.418. The van der Waals surface area contributed by atoms with Crippen LogP contribution in [0.5, 0.6) is 0 Å². The number of aromatic nitrogens is 1. The average molecular weight is 263 g/mol. The molecular weight excluding hydrogens is 249 g/mol. The number of hydrogen-bond donors (Lipinski definition) is 1. The van der Waals surface area contributed by atoms with Crippen molar-refractivity contribution in [1.29, 1.82) is 0 Å². The molecule has 1 N–H and O–H groups in total. The molecule has 1 atom stereocenters. The van der Waals surface area contributed by atoms with E-state index in [1.54, 1.807) is 19.9 Å². The van der Waals surface area contributed by atoms with Crippen molar-refractivity contribution in [1.82, 2.24) is 4.57 Å². The van der Waals surface area contributed by atoms with E-state index in [-0.39, 0.29) is 5.92 Å². The molecule has 0 bridgehead atoms. The van der Waals surface area contributed by atoms with Crippen LogP contribution in [0.15, 0.2) is 35.3 Å². The summed E-state index contributed by atoms with van der Waals surface area (Å²) in [6.07, 6.45) is 1.41. The second kappa shape index (κ2) is 4.84. The quantitative estimate of drug-likeness (QED) is 0.925. The largest absolute Gasteiger partial charge is 0.480 e. The van der Waals surface area contributed by atoms with Gasteiger partial charge in [0.25, 0.3) is 5.56 Å². The molecule has 5 heteroatoms. The van der Waals surface area contributed by atoms with Crippen LogP contribution >= 0.6 is 0 Å². The zero-order valence-electron chi connectivity index (χ0n) is 10.6. The maximum atomic E-state index is 13.1. The molecule has 1 aromatic carbocycles. The molecule has 0 aliphatic carbocycles. The molecule has 19 heavy (non-hydrogen) atoms. The van der Waals surface area contributed by atoms with Gasteiger partial charge in [0.1, 0.15) is 11.9 Å². The SMILES string of the molecule is CC(C)C(C(=O)O)n1ccc2cc(F)ccc2c1=O. The molecule has 0 aliphatic heterocycles. The van der Waals surface area contributed by atoms with E-state index in [0.29, 0.717) is 10.8 Å². The van der Waals surface area contributed by atoms with Gasteiger partial charge in [-0.1, -0.05) is 13.8 Å². The van der Waals surface area contributed by atoms with Crippen LogP contribution in [0.1, 0.15) is 19.9 Å². The summed E-state index contributed by atoms with van der Waals surface area (Å²) in [4.78, 5) is 23.5.